The normalized spacial score (nSPS) is 10.8. The molecule has 0 saturated carbocycles. The van der Waals surface area contributed by atoms with Gasteiger partial charge in [0.25, 0.3) is 5.91 Å². The number of amides is 1. The molecule has 7 nitrogen and oxygen atoms in total. The number of primary amides is 1. The summed E-state index contributed by atoms with van der Waals surface area (Å²) in [7, 11) is 0. The van der Waals surface area contributed by atoms with Gasteiger partial charge in [0.2, 0.25) is 0 Å². The monoisotopic (exact) mass is 367 g/mol. The number of hydrogen-bond acceptors (Lipinski definition) is 6. The Morgan fingerprint density at radius 3 is 2.67 bits per heavy atom. The predicted molar refractivity (Wildman–Crippen MR) is 102 cm³/mol. The van der Waals surface area contributed by atoms with E-state index in [9.17, 15) is 9.59 Å². The summed E-state index contributed by atoms with van der Waals surface area (Å²) >= 11 is 0. The number of hydrogen-bond donors (Lipinski definition) is 2. The van der Waals surface area contributed by atoms with E-state index in [1.54, 1.807) is 13.0 Å². The van der Waals surface area contributed by atoms with Crippen molar-refractivity contribution in [3.8, 4) is 0 Å². The topological polar surface area (TPSA) is 107 Å². The van der Waals surface area contributed by atoms with E-state index in [1.165, 1.54) is 12.3 Å². The molecule has 3 aromatic rings. The molecule has 1 aromatic carbocycles. The minimum Gasteiger partial charge on any atom is -0.462 e. The van der Waals surface area contributed by atoms with Gasteiger partial charge in [-0.05, 0) is 44.0 Å². The number of nitrogens with two attached hydrogens (primary N) is 1. The molecule has 7 heteroatoms. The van der Waals surface area contributed by atoms with Crippen LogP contribution in [0.15, 0.2) is 34.9 Å². The highest BCUT2D eigenvalue weighted by molar-refractivity contribution is 6.05. The number of ether oxygens (including phenoxy) is 1. The van der Waals surface area contributed by atoms with Crippen LogP contribution in [0, 0.1) is 13.8 Å². The van der Waals surface area contributed by atoms with Gasteiger partial charge in [-0.25, -0.2) is 4.79 Å². The van der Waals surface area contributed by atoms with Crippen molar-refractivity contribution < 1.29 is 18.7 Å². The summed E-state index contributed by atoms with van der Waals surface area (Å²) in [6.07, 6.45) is 1.52. The largest absolute Gasteiger partial charge is 0.462 e. The number of nitrogens with zero attached hydrogens (tertiary/aromatic N) is 1. The molecule has 0 spiro atoms. The number of rotatable bonds is 6. The Morgan fingerprint density at radius 1 is 1.22 bits per heavy atom. The van der Waals surface area contributed by atoms with Crippen molar-refractivity contribution in [1.29, 1.82) is 0 Å². The van der Waals surface area contributed by atoms with Gasteiger partial charge in [0.05, 0.1) is 24.4 Å². The summed E-state index contributed by atoms with van der Waals surface area (Å²) in [5.41, 5.74) is 9.13. The maximum absolute atomic E-state index is 12.4. The average molecular weight is 367 g/mol. The Balaban J connectivity index is 2.03. The standard InChI is InChI=1S/C20H21N3O4/c1-4-26-20(25)15-10-23-17-12(3)11(2)5-7-14(17)18(15)22-9-13-6-8-16(27-13)19(21)24/h5-8,10H,4,9H2,1-3H3,(H2,21,24)(H,22,23). The maximum atomic E-state index is 12.4. The maximum Gasteiger partial charge on any atom is 0.341 e. The molecule has 27 heavy (non-hydrogen) atoms. The first kappa shape index (κ1) is 18.4. The van der Waals surface area contributed by atoms with Crippen molar-refractivity contribution in [3.05, 3.63) is 58.7 Å². The lowest BCUT2D eigenvalue weighted by Crippen LogP contribution is -2.11. The quantitative estimate of drug-likeness (QED) is 0.647. The molecule has 0 aliphatic carbocycles. The lowest BCUT2D eigenvalue weighted by molar-refractivity contribution is 0.0527. The third kappa shape index (κ3) is 3.62. The summed E-state index contributed by atoms with van der Waals surface area (Å²) in [6.45, 7) is 6.29. The first-order valence-electron chi connectivity index (χ1n) is 8.60. The van der Waals surface area contributed by atoms with Gasteiger partial charge in [-0.1, -0.05) is 12.1 Å². The first-order valence-corrected chi connectivity index (χ1v) is 8.60. The molecule has 0 fully saturated rings. The molecule has 2 aromatic heterocycles. The number of anilines is 1. The van der Waals surface area contributed by atoms with E-state index in [0.29, 0.717) is 17.0 Å². The number of carbonyl (C=O) groups is 2. The summed E-state index contributed by atoms with van der Waals surface area (Å²) in [5.74, 6) is -0.477. The summed E-state index contributed by atoms with van der Waals surface area (Å²) < 4.78 is 10.6. The van der Waals surface area contributed by atoms with Crippen LogP contribution in [-0.4, -0.2) is 23.5 Å². The van der Waals surface area contributed by atoms with E-state index in [1.807, 2.05) is 26.0 Å². The Kier molecular flexibility index (Phi) is 5.12. The molecule has 2 heterocycles. The number of benzene rings is 1. The molecule has 0 saturated heterocycles. The molecule has 0 unspecified atom stereocenters. The zero-order chi connectivity index (χ0) is 19.6. The fraction of sp³-hybridized carbons (Fsp3) is 0.250. The minimum absolute atomic E-state index is 0.0865. The molecular weight excluding hydrogens is 346 g/mol. The van der Waals surface area contributed by atoms with E-state index in [0.717, 1.165) is 22.0 Å². The van der Waals surface area contributed by atoms with Crippen LogP contribution in [-0.2, 0) is 11.3 Å². The fourth-order valence-electron chi connectivity index (χ4n) is 2.84. The number of aromatic nitrogens is 1. The molecule has 0 atom stereocenters. The van der Waals surface area contributed by atoms with Crippen molar-refractivity contribution in [2.24, 2.45) is 5.73 Å². The van der Waals surface area contributed by atoms with Gasteiger partial charge in [-0.2, -0.15) is 0 Å². The van der Waals surface area contributed by atoms with E-state index in [2.05, 4.69) is 10.3 Å². The Hall–Kier alpha value is -3.35. The minimum atomic E-state index is -0.631. The van der Waals surface area contributed by atoms with Crippen molar-refractivity contribution in [1.82, 2.24) is 4.98 Å². The Labute approximate surface area is 156 Å². The number of esters is 1. The van der Waals surface area contributed by atoms with Crippen molar-refractivity contribution in [3.63, 3.8) is 0 Å². The third-order valence-corrected chi connectivity index (χ3v) is 4.40. The number of fused-ring (bicyclic) bond motifs is 1. The molecule has 3 rings (SSSR count). The van der Waals surface area contributed by atoms with Crippen LogP contribution < -0.4 is 11.1 Å². The smallest absolute Gasteiger partial charge is 0.341 e. The molecule has 1 amide bonds. The summed E-state index contributed by atoms with van der Waals surface area (Å²) in [4.78, 5) is 28.0. The molecule has 140 valence electrons. The fourth-order valence-corrected chi connectivity index (χ4v) is 2.84. The van der Waals surface area contributed by atoms with Crippen molar-refractivity contribution in [2.75, 3.05) is 11.9 Å². The zero-order valence-electron chi connectivity index (χ0n) is 15.5. The zero-order valence-corrected chi connectivity index (χ0v) is 15.5. The van der Waals surface area contributed by atoms with E-state index >= 15 is 0 Å². The number of aryl methyl sites for hydroxylation is 2. The average Bonchev–Trinajstić information content (AvgIpc) is 3.12. The number of furan rings is 1. The van der Waals surface area contributed by atoms with Crippen LogP contribution in [0.5, 0.6) is 0 Å². The van der Waals surface area contributed by atoms with E-state index < -0.39 is 11.9 Å². The van der Waals surface area contributed by atoms with Crippen LogP contribution >= 0.6 is 0 Å². The lowest BCUT2D eigenvalue weighted by atomic mass is 10.0. The van der Waals surface area contributed by atoms with Crippen LogP contribution in [0.4, 0.5) is 5.69 Å². The van der Waals surface area contributed by atoms with Crippen LogP contribution in [0.3, 0.4) is 0 Å². The van der Waals surface area contributed by atoms with E-state index in [-0.39, 0.29) is 18.9 Å². The van der Waals surface area contributed by atoms with Crippen LogP contribution in [0.1, 0.15) is 44.7 Å². The highest BCUT2D eigenvalue weighted by atomic mass is 16.5. The van der Waals surface area contributed by atoms with Crippen molar-refractivity contribution in [2.45, 2.75) is 27.3 Å². The van der Waals surface area contributed by atoms with E-state index in [4.69, 9.17) is 14.9 Å². The second-order valence-electron chi connectivity index (χ2n) is 6.15. The number of nitrogens with one attached hydrogen (secondary N) is 1. The second kappa shape index (κ2) is 7.49. The lowest BCUT2D eigenvalue weighted by Gasteiger charge is -2.15. The molecule has 0 bridgehead atoms. The number of carbonyl (C=O) groups excluding carboxylic acids is 2. The highest BCUT2D eigenvalue weighted by Gasteiger charge is 2.18. The first-order chi connectivity index (χ1) is 12.9. The predicted octanol–water partition coefficient (Wildman–Crippen LogP) is 3.33. The van der Waals surface area contributed by atoms with Crippen LogP contribution in [0.25, 0.3) is 10.9 Å². The Morgan fingerprint density at radius 2 is 2.00 bits per heavy atom. The number of pyridine rings is 1. The SMILES string of the molecule is CCOC(=O)c1cnc2c(C)c(C)ccc2c1NCc1ccc(C(N)=O)o1. The third-order valence-electron chi connectivity index (χ3n) is 4.40. The molecular formula is C20H21N3O4. The molecule has 0 aliphatic heterocycles. The Bertz CT molecular complexity index is 1020. The van der Waals surface area contributed by atoms with Gasteiger partial charge in [-0.3, -0.25) is 9.78 Å². The van der Waals surface area contributed by atoms with Gasteiger partial charge < -0.3 is 20.2 Å². The van der Waals surface area contributed by atoms with Gasteiger partial charge >= 0.3 is 5.97 Å². The molecule has 0 radical (unpaired) electrons. The van der Waals surface area contributed by atoms with Crippen LogP contribution in [0.2, 0.25) is 0 Å². The highest BCUT2D eigenvalue weighted by Crippen LogP contribution is 2.30. The molecule has 0 aliphatic rings. The van der Waals surface area contributed by atoms with Gasteiger partial charge in [0.15, 0.2) is 5.76 Å². The second-order valence-corrected chi connectivity index (χ2v) is 6.15. The van der Waals surface area contributed by atoms with Gasteiger partial charge in [-0.15, -0.1) is 0 Å². The van der Waals surface area contributed by atoms with Gasteiger partial charge in [0, 0.05) is 11.6 Å². The van der Waals surface area contributed by atoms with Crippen molar-refractivity contribution >= 4 is 28.5 Å². The van der Waals surface area contributed by atoms with Gasteiger partial charge in [0.1, 0.15) is 11.3 Å². The molecule has 3 N–H and O–H groups in total. The summed E-state index contributed by atoms with van der Waals surface area (Å²) in [5, 5.41) is 4.03. The summed E-state index contributed by atoms with van der Waals surface area (Å²) in [6, 6.07) is 7.09.